The molecule has 0 aliphatic carbocycles. The van der Waals surface area contributed by atoms with E-state index in [9.17, 15) is 10.2 Å². The second kappa shape index (κ2) is 16.1. The summed E-state index contributed by atoms with van der Waals surface area (Å²) >= 11 is 0. The summed E-state index contributed by atoms with van der Waals surface area (Å²) in [6, 6.07) is 8.31. The Morgan fingerprint density at radius 3 is 0.947 bits per heavy atom. The van der Waals surface area contributed by atoms with Gasteiger partial charge in [-0.3, -0.25) is 19.6 Å². The number of nitrogens with zero attached hydrogens (tertiary/aromatic N) is 4. The van der Waals surface area contributed by atoms with Crippen LogP contribution in [-0.4, -0.2) is 82.2 Å². The van der Waals surface area contributed by atoms with Crippen LogP contribution in [0.3, 0.4) is 0 Å². The van der Waals surface area contributed by atoms with Crippen LogP contribution in [0.15, 0.2) is 24.3 Å². The first-order chi connectivity index (χ1) is 18.3. The highest BCUT2D eigenvalue weighted by Crippen LogP contribution is 2.43. The molecule has 0 saturated carbocycles. The van der Waals surface area contributed by atoms with Crippen LogP contribution in [0.4, 0.5) is 0 Å². The zero-order valence-corrected chi connectivity index (χ0v) is 25.5. The van der Waals surface area contributed by atoms with Gasteiger partial charge in [-0.25, -0.2) is 0 Å². The zero-order valence-electron chi connectivity index (χ0n) is 25.5. The molecule has 0 radical (unpaired) electrons. The molecule has 214 valence electrons. The maximum absolute atomic E-state index is 11.6. The summed E-state index contributed by atoms with van der Waals surface area (Å²) in [6.45, 7) is 28.0. The van der Waals surface area contributed by atoms with Gasteiger partial charge in [0, 0.05) is 37.3 Å². The Kier molecular flexibility index (Phi) is 13.6. The fourth-order valence-electron chi connectivity index (χ4n) is 5.30. The van der Waals surface area contributed by atoms with Gasteiger partial charge in [0.1, 0.15) is 11.5 Å². The Hall–Kier alpha value is -2.12. The second-order valence-corrected chi connectivity index (χ2v) is 10.1. The van der Waals surface area contributed by atoms with Crippen molar-refractivity contribution in [2.75, 3.05) is 52.4 Å². The Morgan fingerprint density at radius 2 is 0.684 bits per heavy atom. The van der Waals surface area contributed by atoms with Crippen molar-refractivity contribution in [1.29, 1.82) is 0 Å². The van der Waals surface area contributed by atoms with Crippen molar-refractivity contribution in [1.82, 2.24) is 19.6 Å². The van der Waals surface area contributed by atoms with E-state index in [2.05, 4.69) is 87.1 Å². The molecule has 0 aliphatic rings. The quantitative estimate of drug-likeness (QED) is 0.259. The molecule has 0 spiro atoms. The highest BCUT2D eigenvalue weighted by Gasteiger charge is 2.23. The number of aromatic hydroxyl groups is 2. The standard InChI is InChI=1S/C32H54N4O2/c1-9-33(10-2)21-25-17-27(23-35(13-5)14-6)31(29(37)19-25)32-28(24-36(15-7)16-8)18-26(20-30(32)38)22-34(11-3)12-4/h17-20,37-38H,9-16,21-24H2,1-8H3. The third-order valence-corrected chi connectivity index (χ3v) is 7.95. The molecule has 0 aliphatic heterocycles. The number of hydrogen-bond donors (Lipinski definition) is 2. The summed E-state index contributed by atoms with van der Waals surface area (Å²) in [6.07, 6.45) is 0. The summed E-state index contributed by atoms with van der Waals surface area (Å²) in [5.41, 5.74) is 5.91. The molecule has 0 unspecified atom stereocenters. The monoisotopic (exact) mass is 526 g/mol. The van der Waals surface area contributed by atoms with Crippen molar-refractivity contribution >= 4 is 0 Å². The number of phenols is 2. The lowest BCUT2D eigenvalue weighted by Crippen LogP contribution is -2.25. The maximum Gasteiger partial charge on any atom is 0.124 e. The fourth-order valence-corrected chi connectivity index (χ4v) is 5.30. The third-order valence-electron chi connectivity index (χ3n) is 7.95. The molecule has 0 saturated heterocycles. The van der Waals surface area contributed by atoms with Crippen LogP contribution in [0.2, 0.25) is 0 Å². The Morgan fingerprint density at radius 1 is 0.421 bits per heavy atom. The third kappa shape index (κ3) is 8.44. The summed E-state index contributed by atoms with van der Waals surface area (Å²) < 4.78 is 0. The van der Waals surface area contributed by atoms with Crippen LogP contribution in [0, 0.1) is 0 Å². The van der Waals surface area contributed by atoms with E-state index < -0.39 is 0 Å². The van der Waals surface area contributed by atoms with E-state index in [1.54, 1.807) is 0 Å². The van der Waals surface area contributed by atoms with Gasteiger partial charge < -0.3 is 10.2 Å². The topological polar surface area (TPSA) is 53.4 Å². The van der Waals surface area contributed by atoms with Gasteiger partial charge in [0.05, 0.1) is 0 Å². The predicted octanol–water partition coefficient (Wildman–Crippen LogP) is 6.13. The molecule has 0 bridgehead atoms. The Labute approximate surface area is 232 Å². The number of hydrogen-bond acceptors (Lipinski definition) is 6. The van der Waals surface area contributed by atoms with Gasteiger partial charge in [0.2, 0.25) is 0 Å². The van der Waals surface area contributed by atoms with Gasteiger partial charge >= 0.3 is 0 Å². The van der Waals surface area contributed by atoms with E-state index in [-0.39, 0.29) is 11.5 Å². The first-order valence-electron chi connectivity index (χ1n) is 14.9. The van der Waals surface area contributed by atoms with Crippen molar-refractivity contribution in [2.45, 2.75) is 81.6 Å². The van der Waals surface area contributed by atoms with E-state index in [0.29, 0.717) is 0 Å². The van der Waals surface area contributed by atoms with Crippen molar-refractivity contribution < 1.29 is 10.2 Å². The lowest BCUT2D eigenvalue weighted by molar-refractivity contribution is 0.289. The van der Waals surface area contributed by atoms with Crippen LogP contribution >= 0.6 is 0 Å². The molecule has 0 atom stereocenters. The molecular weight excluding hydrogens is 472 g/mol. The van der Waals surface area contributed by atoms with Crippen LogP contribution < -0.4 is 0 Å². The molecule has 6 nitrogen and oxygen atoms in total. The zero-order chi connectivity index (χ0) is 28.2. The highest BCUT2D eigenvalue weighted by molar-refractivity contribution is 5.82. The minimum atomic E-state index is 0.254. The molecule has 0 fully saturated rings. The SMILES string of the molecule is CCN(CC)Cc1cc(O)c(-c2c(O)cc(CN(CC)CC)cc2CN(CC)CC)c(CN(CC)CC)c1. The minimum Gasteiger partial charge on any atom is -0.507 e. The van der Waals surface area contributed by atoms with Crippen molar-refractivity contribution in [2.24, 2.45) is 0 Å². The van der Waals surface area contributed by atoms with Crippen molar-refractivity contribution in [3.05, 3.63) is 46.5 Å². The van der Waals surface area contributed by atoms with E-state index in [0.717, 1.165) is 112 Å². The predicted molar refractivity (Wildman–Crippen MR) is 162 cm³/mol. The van der Waals surface area contributed by atoms with E-state index in [1.165, 1.54) is 0 Å². The molecule has 2 rings (SSSR count). The Bertz CT molecular complexity index is 898. The smallest absolute Gasteiger partial charge is 0.124 e. The maximum atomic E-state index is 11.6. The van der Waals surface area contributed by atoms with E-state index in [1.807, 2.05) is 12.1 Å². The van der Waals surface area contributed by atoms with Crippen LogP contribution in [0.1, 0.15) is 77.6 Å². The highest BCUT2D eigenvalue weighted by atomic mass is 16.3. The van der Waals surface area contributed by atoms with E-state index >= 15 is 0 Å². The summed E-state index contributed by atoms with van der Waals surface area (Å²) in [7, 11) is 0. The van der Waals surface area contributed by atoms with Crippen LogP contribution in [-0.2, 0) is 26.2 Å². The summed E-state index contributed by atoms with van der Waals surface area (Å²) in [4.78, 5) is 9.46. The lowest BCUT2D eigenvalue weighted by Gasteiger charge is -2.27. The molecular formula is C32H54N4O2. The van der Waals surface area contributed by atoms with Crippen LogP contribution in [0.25, 0.3) is 11.1 Å². The molecule has 2 aromatic carbocycles. The average molecular weight is 527 g/mol. The number of rotatable bonds is 17. The molecule has 0 aromatic heterocycles. The molecule has 2 aromatic rings. The van der Waals surface area contributed by atoms with Gasteiger partial charge in [-0.05, 0) is 86.7 Å². The van der Waals surface area contributed by atoms with E-state index in [4.69, 9.17) is 0 Å². The molecule has 2 N–H and O–H groups in total. The largest absolute Gasteiger partial charge is 0.507 e. The van der Waals surface area contributed by atoms with Gasteiger partial charge in [0.15, 0.2) is 0 Å². The molecule has 0 heterocycles. The minimum absolute atomic E-state index is 0.254. The summed E-state index contributed by atoms with van der Waals surface area (Å²) in [5, 5.41) is 23.1. The molecule has 38 heavy (non-hydrogen) atoms. The van der Waals surface area contributed by atoms with Gasteiger partial charge in [-0.1, -0.05) is 67.5 Å². The average Bonchev–Trinajstić information content (AvgIpc) is 2.92. The Balaban J connectivity index is 2.77. The second-order valence-electron chi connectivity index (χ2n) is 10.1. The van der Waals surface area contributed by atoms with Gasteiger partial charge in [-0.2, -0.15) is 0 Å². The summed E-state index contributed by atoms with van der Waals surface area (Å²) in [5.74, 6) is 0.508. The van der Waals surface area contributed by atoms with Gasteiger partial charge in [0.25, 0.3) is 0 Å². The normalized spacial score (nSPS) is 12.0. The molecule has 6 heteroatoms. The number of benzene rings is 2. The lowest BCUT2D eigenvalue weighted by atomic mass is 9.90. The van der Waals surface area contributed by atoms with Gasteiger partial charge in [-0.15, -0.1) is 0 Å². The fraction of sp³-hybridized carbons (Fsp3) is 0.625. The van der Waals surface area contributed by atoms with Crippen molar-refractivity contribution in [3.63, 3.8) is 0 Å². The molecule has 0 amide bonds. The first kappa shape index (κ1) is 32.1. The van der Waals surface area contributed by atoms with Crippen molar-refractivity contribution in [3.8, 4) is 22.6 Å². The first-order valence-corrected chi connectivity index (χ1v) is 14.9. The number of phenolic OH excluding ortho intramolecular Hbond substituents is 2. The van der Waals surface area contributed by atoms with Crippen LogP contribution in [0.5, 0.6) is 11.5 Å².